The van der Waals surface area contributed by atoms with E-state index in [4.69, 9.17) is 4.74 Å². The average Bonchev–Trinajstić information content (AvgIpc) is 3.33. The fourth-order valence-electron chi connectivity index (χ4n) is 3.38. The molecule has 28 heavy (non-hydrogen) atoms. The molecule has 1 aliphatic carbocycles. The van der Waals surface area contributed by atoms with Crippen LogP contribution in [0.3, 0.4) is 0 Å². The van der Waals surface area contributed by atoms with Crippen molar-refractivity contribution in [3.63, 3.8) is 0 Å². The Hall–Kier alpha value is -2.32. The average molecular weight is 416 g/mol. The molecule has 2 N–H and O–H groups in total. The molecule has 1 aromatic carbocycles. The van der Waals surface area contributed by atoms with E-state index in [2.05, 4.69) is 15.3 Å². The molecule has 0 unspecified atom stereocenters. The van der Waals surface area contributed by atoms with Gasteiger partial charge in [0.2, 0.25) is 5.91 Å². The van der Waals surface area contributed by atoms with Crippen molar-refractivity contribution in [2.24, 2.45) is 0 Å². The summed E-state index contributed by atoms with van der Waals surface area (Å²) in [5, 5.41) is 4.22. The first-order valence-corrected chi connectivity index (χ1v) is 11.1. The zero-order valence-electron chi connectivity index (χ0n) is 15.8. The highest BCUT2D eigenvalue weighted by molar-refractivity contribution is 7.99. The number of imidazole rings is 1. The predicted molar refractivity (Wildman–Crippen MR) is 112 cm³/mol. The second-order valence-corrected chi connectivity index (χ2v) is 8.75. The van der Waals surface area contributed by atoms with Crippen LogP contribution in [0.1, 0.15) is 39.7 Å². The van der Waals surface area contributed by atoms with Gasteiger partial charge >= 0.3 is 5.97 Å². The van der Waals surface area contributed by atoms with Gasteiger partial charge in [0.05, 0.1) is 29.0 Å². The van der Waals surface area contributed by atoms with Gasteiger partial charge in [-0.3, -0.25) is 4.79 Å². The number of benzene rings is 1. The van der Waals surface area contributed by atoms with Crippen molar-refractivity contribution in [2.45, 2.75) is 38.3 Å². The highest BCUT2D eigenvalue weighted by atomic mass is 32.2. The zero-order chi connectivity index (χ0) is 19.7. The number of nitrogens with one attached hydrogen (secondary N) is 2. The van der Waals surface area contributed by atoms with E-state index in [0.29, 0.717) is 22.3 Å². The number of hydrogen-bond donors (Lipinski definition) is 2. The number of aromatic amines is 1. The van der Waals surface area contributed by atoms with E-state index in [1.165, 1.54) is 28.0 Å². The molecule has 0 bridgehead atoms. The third-order valence-electron chi connectivity index (χ3n) is 4.61. The minimum Gasteiger partial charge on any atom is -0.462 e. The summed E-state index contributed by atoms with van der Waals surface area (Å²) in [5.41, 5.74) is 4.58. The zero-order valence-corrected chi connectivity index (χ0v) is 17.4. The van der Waals surface area contributed by atoms with Crippen molar-refractivity contribution in [1.82, 2.24) is 9.97 Å². The van der Waals surface area contributed by atoms with Crippen LogP contribution in [-0.2, 0) is 22.4 Å². The lowest BCUT2D eigenvalue weighted by Gasteiger charge is -2.07. The molecule has 0 radical (unpaired) electrons. The lowest BCUT2D eigenvalue weighted by molar-refractivity contribution is -0.113. The fraction of sp³-hybridized carbons (Fsp3) is 0.350. The van der Waals surface area contributed by atoms with Crippen molar-refractivity contribution in [3.8, 4) is 0 Å². The Kier molecular flexibility index (Phi) is 5.41. The number of anilines is 1. The molecule has 2 heterocycles. The molecule has 4 rings (SSSR count). The number of carbonyl (C=O) groups excluding carboxylic acids is 2. The molecule has 3 aromatic rings. The number of rotatable bonds is 6. The first-order valence-electron chi connectivity index (χ1n) is 9.26. The van der Waals surface area contributed by atoms with Gasteiger partial charge in [-0.2, -0.15) is 0 Å². The second-order valence-electron chi connectivity index (χ2n) is 6.68. The third kappa shape index (κ3) is 3.79. The fourth-order valence-corrected chi connectivity index (χ4v) is 5.36. The molecule has 0 saturated carbocycles. The number of fused-ring (bicyclic) bond motifs is 2. The molecule has 0 saturated heterocycles. The van der Waals surface area contributed by atoms with Crippen LogP contribution >= 0.6 is 23.1 Å². The van der Waals surface area contributed by atoms with Crippen LogP contribution in [0, 0.1) is 6.92 Å². The Balaban J connectivity index is 1.45. The lowest BCUT2D eigenvalue weighted by Crippen LogP contribution is -2.16. The van der Waals surface area contributed by atoms with E-state index in [1.807, 2.05) is 25.1 Å². The number of hydrogen-bond acceptors (Lipinski definition) is 6. The minimum atomic E-state index is -0.350. The number of ether oxygens (including phenoxy) is 1. The molecular formula is C20H21N3O3S2. The normalized spacial score (nSPS) is 12.9. The third-order valence-corrected chi connectivity index (χ3v) is 6.69. The van der Waals surface area contributed by atoms with Crippen molar-refractivity contribution < 1.29 is 14.3 Å². The van der Waals surface area contributed by atoms with Crippen LogP contribution in [0.5, 0.6) is 0 Å². The van der Waals surface area contributed by atoms with Gasteiger partial charge in [0.25, 0.3) is 0 Å². The first kappa shape index (κ1) is 19.0. The summed E-state index contributed by atoms with van der Waals surface area (Å²) in [4.78, 5) is 33.8. The molecule has 0 aliphatic heterocycles. The van der Waals surface area contributed by atoms with Gasteiger partial charge < -0.3 is 15.0 Å². The molecule has 0 spiro atoms. The van der Waals surface area contributed by atoms with Crippen molar-refractivity contribution in [3.05, 3.63) is 39.8 Å². The molecule has 0 fully saturated rings. The van der Waals surface area contributed by atoms with Gasteiger partial charge in [-0.25, -0.2) is 9.78 Å². The van der Waals surface area contributed by atoms with Crippen LogP contribution in [0.2, 0.25) is 0 Å². The smallest absolute Gasteiger partial charge is 0.341 e. The Labute approximate surface area is 171 Å². The van der Waals surface area contributed by atoms with E-state index in [-0.39, 0.29) is 17.6 Å². The number of amides is 1. The number of carbonyl (C=O) groups is 2. The van der Waals surface area contributed by atoms with Crippen LogP contribution in [0.25, 0.3) is 11.0 Å². The molecular weight excluding hydrogens is 394 g/mol. The highest BCUT2D eigenvalue weighted by Crippen LogP contribution is 2.39. The quantitative estimate of drug-likeness (QED) is 0.462. The van der Waals surface area contributed by atoms with Crippen molar-refractivity contribution in [1.29, 1.82) is 0 Å². The summed E-state index contributed by atoms with van der Waals surface area (Å²) >= 11 is 2.84. The summed E-state index contributed by atoms with van der Waals surface area (Å²) in [6.45, 7) is 4.13. The molecule has 0 atom stereocenters. The Bertz CT molecular complexity index is 1050. The number of nitrogens with zero attached hydrogens (tertiary/aromatic N) is 1. The van der Waals surface area contributed by atoms with E-state index < -0.39 is 0 Å². The van der Waals surface area contributed by atoms with Gasteiger partial charge in [-0.1, -0.05) is 17.8 Å². The lowest BCUT2D eigenvalue weighted by atomic mass is 10.1. The Morgan fingerprint density at radius 2 is 2.21 bits per heavy atom. The topological polar surface area (TPSA) is 84.1 Å². The monoisotopic (exact) mass is 415 g/mol. The summed E-state index contributed by atoms with van der Waals surface area (Å²) in [5.74, 6) is -0.298. The van der Waals surface area contributed by atoms with Crippen molar-refractivity contribution in [2.75, 3.05) is 17.7 Å². The number of thioether (sulfide) groups is 1. The summed E-state index contributed by atoms with van der Waals surface area (Å²) in [6.07, 6.45) is 2.86. The maximum absolute atomic E-state index is 12.5. The molecule has 1 aliphatic rings. The minimum absolute atomic E-state index is 0.160. The highest BCUT2D eigenvalue weighted by Gasteiger charge is 2.28. The van der Waals surface area contributed by atoms with Gasteiger partial charge in [0, 0.05) is 4.88 Å². The van der Waals surface area contributed by atoms with Gasteiger partial charge in [0.15, 0.2) is 5.16 Å². The van der Waals surface area contributed by atoms with Crippen molar-refractivity contribution >= 4 is 51.0 Å². The van der Waals surface area contributed by atoms with E-state index in [1.54, 1.807) is 6.92 Å². The van der Waals surface area contributed by atoms with E-state index in [0.717, 1.165) is 41.4 Å². The number of aromatic nitrogens is 2. The maximum Gasteiger partial charge on any atom is 0.341 e. The van der Waals surface area contributed by atoms with Gasteiger partial charge in [0.1, 0.15) is 5.00 Å². The number of aryl methyl sites for hydroxylation is 2. The van der Waals surface area contributed by atoms with Crippen LogP contribution in [0.15, 0.2) is 23.4 Å². The number of H-pyrrole nitrogens is 1. The molecule has 1 amide bonds. The van der Waals surface area contributed by atoms with Crippen LogP contribution in [-0.4, -0.2) is 34.2 Å². The van der Waals surface area contributed by atoms with Crippen LogP contribution < -0.4 is 5.32 Å². The Morgan fingerprint density at radius 1 is 1.36 bits per heavy atom. The second kappa shape index (κ2) is 7.97. The summed E-state index contributed by atoms with van der Waals surface area (Å²) < 4.78 is 5.20. The molecule has 146 valence electrons. The van der Waals surface area contributed by atoms with Gasteiger partial charge in [-0.05, 0) is 56.4 Å². The van der Waals surface area contributed by atoms with Crippen LogP contribution in [0.4, 0.5) is 5.00 Å². The Morgan fingerprint density at radius 3 is 3.04 bits per heavy atom. The largest absolute Gasteiger partial charge is 0.462 e. The standard InChI is InChI=1S/C20H21N3O3S2/c1-3-26-19(25)17-12-5-4-6-15(12)28-18(17)23-16(24)10-27-20-21-13-8-7-11(2)9-14(13)22-20/h7-9H,3-6,10H2,1-2H3,(H,21,22)(H,23,24). The number of esters is 1. The predicted octanol–water partition coefficient (Wildman–Crippen LogP) is 4.33. The number of thiophene rings is 1. The van der Waals surface area contributed by atoms with E-state index in [9.17, 15) is 9.59 Å². The SMILES string of the molecule is CCOC(=O)c1c(NC(=O)CSc2nc3ccc(C)cc3[nH]2)sc2c1CCC2. The molecule has 8 heteroatoms. The van der Waals surface area contributed by atoms with E-state index >= 15 is 0 Å². The molecule has 6 nitrogen and oxygen atoms in total. The first-order chi connectivity index (χ1) is 13.5. The molecule has 2 aromatic heterocycles. The maximum atomic E-state index is 12.5. The summed E-state index contributed by atoms with van der Waals surface area (Å²) in [7, 11) is 0. The summed E-state index contributed by atoms with van der Waals surface area (Å²) in [6, 6.07) is 6.01. The van der Waals surface area contributed by atoms with Gasteiger partial charge in [-0.15, -0.1) is 11.3 Å².